The molecule has 1 aliphatic rings. The van der Waals surface area contributed by atoms with Gasteiger partial charge in [0.25, 0.3) is 0 Å². The Morgan fingerprint density at radius 2 is 2.00 bits per heavy atom. The number of aryl methyl sites for hydroxylation is 1. The van der Waals surface area contributed by atoms with E-state index in [0.717, 1.165) is 11.3 Å². The summed E-state index contributed by atoms with van der Waals surface area (Å²) in [5.41, 5.74) is 8.47. The van der Waals surface area contributed by atoms with Crippen molar-refractivity contribution in [2.24, 2.45) is 11.1 Å². The van der Waals surface area contributed by atoms with Crippen molar-refractivity contribution in [3.8, 4) is 11.3 Å². The molecule has 0 aliphatic carbocycles. The Kier molecular flexibility index (Phi) is 6.34. The van der Waals surface area contributed by atoms with Gasteiger partial charge in [0, 0.05) is 30.7 Å². The molecule has 5 nitrogen and oxygen atoms in total. The molecule has 1 fully saturated rings. The number of anilines is 1. The van der Waals surface area contributed by atoms with Crippen molar-refractivity contribution in [3.63, 3.8) is 0 Å². The fraction of sp³-hybridized carbons (Fsp3) is 0.412. The number of carbonyl (C=O) groups excluding carboxylic acids is 1. The summed E-state index contributed by atoms with van der Waals surface area (Å²) in [5.74, 6) is -0.0480. The molecular formula is C17H22ClN3O2S. The second-order valence-corrected chi connectivity index (χ2v) is 6.81. The summed E-state index contributed by atoms with van der Waals surface area (Å²) >= 11 is 1.43. The normalized spacial score (nSPS) is 16.2. The van der Waals surface area contributed by atoms with Gasteiger partial charge in [-0.3, -0.25) is 4.79 Å². The Morgan fingerprint density at radius 3 is 2.62 bits per heavy atom. The van der Waals surface area contributed by atoms with Gasteiger partial charge < -0.3 is 15.8 Å². The van der Waals surface area contributed by atoms with Gasteiger partial charge in [0.1, 0.15) is 0 Å². The molecule has 1 saturated heterocycles. The predicted molar refractivity (Wildman–Crippen MR) is 99.7 cm³/mol. The third kappa shape index (κ3) is 3.95. The highest BCUT2D eigenvalue weighted by Gasteiger charge is 2.39. The van der Waals surface area contributed by atoms with Crippen molar-refractivity contribution in [1.82, 2.24) is 4.98 Å². The molecule has 1 aromatic heterocycles. The number of benzene rings is 1. The third-order valence-electron chi connectivity index (χ3n) is 4.39. The first-order chi connectivity index (χ1) is 11.1. The molecule has 0 atom stereocenters. The summed E-state index contributed by atoms with van der Waals surface area (Å²) in [6.07, 6.45) is 1.32. The van der Waals surface area contributed by atoms with Gasteiger partial charge in [-0.15, -0.1) is 23.7 Å². The van der Waals surface area contributed by atoms with E-state index in [4.69, 9.17) is 10.5 Å². The zero-order chi connectivity index (χ0) is 16.3. The van der Waals surface area contributed by atoms with E-state index >= 15 is 0 Å². The molecule has 0 unspecified atom stereocenters. The summed E-state index contributed by atoms with van der Waals surface area (Å²) in [6.45, 7) is 3.54. The van der Waals surface area contributed by atoms with Crippen LogP contribution in [-0.4, -0.2) is 30.6 Å². The van der Waals surface area contributed by atoms with E-state index in [2.05, 4.69) is 29.4 Å². The highest BCUT2D eigenvalue weighted by molar-refractivity contribution is 7.14. The molecule has 2 heterocycles. The Morgan fingerprint density at radius 1 is 1.33 bits per heavy atom. The van der Waals surface area contributed by atoms with E-state index in [9.17, 15) is 4.79 Å². The second kappa shape index (κ2) is 8.07. The van der Waals surface area contributed by atoms with Crippen LogP contribution in [-0.2, 0) is 9.53 Å². The molecule has 1 amide bonds. The van der Waals surface area contributed by atoms with E-state index in [-0.39, 0.29) is 18.3 Å². The zero-order valence-electron chi connectivity index (χ0n) is 13.6. The van der Waals surface area contributed by atoms with Crippen molar-refractivity contribution in [2.75, 3.05) is 25.1 Å². The average Bonchev–Trinajstić information content (AvgIpc) is 3.04. The second-order valence-electron chi connectivity index (χ2n) is 5.95. The molecule has 0 radical (unpaired) electrons. The molecule has 24 heavy (non-hydrogen) atoms. The van der Waals surface area contributed by atoms with Crippen LogP contribution in [0.2, 0.25) is 0 Å². The molecule has 3 rings (SSSR count). The van der Waals surface area contributed by atoms with Gasteiger partial charge in [0.2, 0.25) is 5.91 Å². The summed E-state index contributed by atoms with van der Waals surface area (Å²) in [7, 11) is 0. The molecule has 1 aromatic carbocycles. The van der Waals surface area contributed by atoms with Crippen molar-refractivity contribution >= 4 is 34.8 Å². The van der Waals surface area contributed by atoms with E-state index in [1.54, 1.807) is 0 Å². The quantitative estimate of drug-likeness (QED) is 0.869. The fourth-order valence-electron chi connectivity index (χ4n) is 2.70. The number of hydrogen-bond donors (Lipinski definition) is 2. The largest absolute Gasteiger partial charge is 0.381 e. The standard InChI is InChI=1S/C17H21N3O2S.ClH/c1-12-2-4-13(5-3-12)14-10-23-16(19-14)20-15(21)17(11-18)6-8-22-9-7-17;/h2-5,10H,6-9,11,18H2,1H3,(H,19,20,21);1H. The van der Waals surface area contributed by atoms with Gasteiger partial charge in [0.05, 0.1) is 11.1 Å². The number of amides is 1. The summed E-state index contributed by atoms with van der Waals surface area (Å²) in [6, 6.07) is 8.18. The molecule has 130 valence electrons. The number of thiazole rings is 1. The Labute approximate surface area is 152 Å². The van der Waals surface area contributed by atoms with Gasteiger partial charge >= 0.3 is 0 Å². The predicted octanol–water partition coefficient (Wildman–Crippen LogP) is 3.23. The van der Waals surface area contributed by atoms with Crippen LogP contribution >= 0.6 is 23.7 Å². The van der Waals surface area contributed by atoms with Crippen LogP contribution in [0.25, 0.3) is 11.3 Å². The van der Waals surface area contributed by atoms with Crippen LogP contribution in [0.1, 0.15) is 18.4 Å². The van der Waals surface area contributed by atoms with Gasteiger partial charge in [-0.05, 0) is 19.8 Å². The number of hydrogen-bond acceptors (Lipinski definition) is 5. The summed E-state index contributed by atoms with van der Waals surface area (Å²) in [5, 5.41) is 5.51. The minimum absolute atomic E-state index is 0. The number of carbonyl (C=O) groups is 1. The Hall–Kier alpha value is -1.47. The van der Waals surface area contributed by atoms with Crippen LogP contribution in [0, 0.1) is 12.3 Å². The van der Waals surface area contributed by atoms with Gasteiger partial charge in [-0.1, -0.05) is 29.8 Å². The first-order valence-corrected chi connectivity index (χ1v) is 8.63. The summed E-state index contributed by atoms with van der Waals surface area (Å²) in [4.78, 5) is 17.2. The topological polar surface area (TPSA) is 77.2 Å². The van der Waals surface area contributed by atoms with Crippen molar-refractivity contribution < 1.29 is 9.53 Å². The van der Waals surface area contributed by atoms with Crippen LogP contribution in [0.3, 0.4) is 0 Å². The number of nitrogens with two attached hydrogens (primary N) is 1. The van der Waals surface area contributed by atoms with Gasteiger partial charge in [0.15, 0.2) is 5.13 Å². The van der Waals surface area contributed by atoms with Crippen molar-refractivity contribution in [2.45, 2.75) is 19.8 Å². The minimum Gasteiger partial charge on any atom is -0.381 e. The van der Waals surface area contributed by atoms with E-state index in [1.165, 1.54) is 16.9 Å². The molecular weight excluding hydrogens is 346 g/mol. The molecule has 0 bridgehead atoms. The Balaban J connectivity index is 0.00000208. The SMILES string of the molecule is Cc1ccc(-c2csc(NC(=O)C3(CN)CCOCC3)n2)cc1.Cl. The van der Waals surface area contributed by atoms with E-state index in [0.29, 0.717) is 37.7 Å². The molecule has 3 N–H and O–H groups in total. The lowest BCUT2D eigenvalue weighted by Gasteiger charge is -2.34. The fourth-order valence-corrected chi connectivity index (χ4v) is 3.42. The van der Waals surface area contributed by atoms with Crippen LogP contribution in [0.15, 0.2) is 29.6 Å². The van der Waals surface area contributed by atoms with Crippen molar-refractivity contribution in [3.05, 3.63) is 35.2 Å². The first kappa shape index (κ1) is 18.9. The maximum Gasteiger partial charge on any atom is 0.233 e. The Bertz CT molecular complexity index is 681. The number of aromatic nitrogens is 1. The first-order valence-electron chi connectivity index (χ1n) is 7.75. The van der Waals surface area contributed by atoms with E-state index in [1.807, 2.05) is 17.5 Å². The lowest BCUT2D eigenvalue weighted by molar-refractivity contribution is -0.130. The smallest absolute Gasteiger partial charge is 0.233 e. The highest BCUT2D eigenvalue weighted by Crippen LogP contribution is 2.32. The number of halogens is 1. The molecule has 7 heteroatoms. The molecule has 0 spiro atoms. The number of nitrogens with one attached hydrogen (secondary N) is 1. The number of nitrogens with zero attached hydrogens (tertiary/aromatic N) is 1. The molecule has 1 aliphatic heterocycles. The van der Waals surface area contributed by atoms with Crippen LogP contribution < -0.4 is 11.1 Å². The molecule has 0 saturated carbocycles. The summed E-state index contributed by atoms with van der Waals surface area (Å²) < 4.78 is 5.35. The zero-order valence-corrected chi connectivity index (χ0v) is 15.2. The number of rotatable bonds is 4. The monoisotopic (exact) mass is 367 g/mol. The van der Waals surface area contributed by atoms with Crippen LogP contribution in [0.4, 0.5) is 5.13 Å². The minimum atomic E-state index is -0.534. The average molecular weight is 368 g/mol. The third-order valence-corrected chi connectivity index (χ3v) is 5.15. The van der Waals surface area contributed by atoms with Crippen LogP contribution in [0.5, 0.6) is 0 Å². The maximum atomic E-state index is 12.6. The lowest BCUT2D eigenvalue weighted by Crippen LogP contribution is -2.46. The highest BCUT2D eigenvalue weighted by atomic mass is 35.5. The molecule has 2 aromatic rings. The lowest BCUT2D eigenvalue weighted by atomic mass is 9.79. The van der Waals surface area contributed by atoms with Crippen molar-refractivity contribution in [1.29, 1.82) is 0 Å². The number of ether oxygens (including phenoxy) is 1. The van der Waals surface area contributed by atoms with Gasteiger partial charge in [-0.25, -0.2) is 4.98 Å². The van der Waals surface area contributed by atoms with Gasteiger partial charge in [-0.2, -0.15) is 0 Å². The maximum absolute atomic E-state index is 12.6. The van der Waals surface area contributed by atoms with E-state index < -0.39 is 5.41 Å².